The molecule has 27 heavy (non-hydrogen) atoms. The molecule has 0 bridgehead atoms. The van der Waals surface area contributed by atoms with Gasteiger partial charge >= 0.3 is 0 Å². The van der Waals surface area contributed by atoms with Crippen LogP contribution in [-0.2, 0) is 17.9 Å². The normalized spacial score (nSPS) is 10.9. The van der Waals surface area contributed by atoms with Crippen molar-refractivity contribution in [2.45, 2.75) is 39.4 Å². The van der Waals surface area contributed by atoms with Crippen molar-refractivity contribution < 1.29 is 9.53 Å². The van der Waals surface area contributed by atoms with E-state index in [4.69, 9.17) is 27.9 Å². The monoisotopic (exact) mass is 430 g/mol. The first kappa shape index (κ1) is 23.6. The molecule has 2 rings (SSSR count). The van der Waals surface area contributed by atoms with Gasteiger partial charge in [0.1, 0.15) is 5.75 Å². The molecule has 4 nitrogen and oxygen atoms in total. The zero-order chi connectivity index (χ0) is 19.2. The van der Waals surface area contributed by atoms with Gasteiger partial charge in [-0.15, -0.1) is 12.4 Å². The van der Waals surface area contributed by atoms with E-state index in [9.17, 15) is 4.79 Å². The predicted molar refractivity (Wildman–Crippen MR) is 114 cm³/mol. The number of hydrogen-bond acceptors (Lipinski definition) is 3. The van der Waals surface area contributed by atoms with Crippen LogP contribution in [0.15, 0.2) is 42.5 Å². The van der Waals surface area contributed by atoms with Crippen molar-refractivity contribution in [3.05, 3.63) is 63.6 Å². The van der Waals surface area contributed by atoms with Crippen molar-refractivity contribution in [2.75, 3.05) is 6.61 Å². The van der Waals surface area contributed by atoms with Crippen molar-refractivity contribution >= 4 is 41.5 Å². The highest BCUT2D eigenvalue weighted by Gasteiger charge is 2.15. The van der Waals surface area contributed by atoms with Gasteiger partial charge in [0.15, 0.2) is 6.61 Å². The molecule has 0 aliphatic rings. The minimum Gasteiger partial charge on any atom is -0.483 e. The van der Waals surface area contributed by atoms with Gasteiger partial charge in [0.2, 0.25) is 0 Å². The van der Waals surface area contributed by atoms with Crippen molar-refractivity contribution in [3.63, 3.8) is 0 Å². The molecule has 2 aromatic rings. The molecule has 0 fully saturated rings. The number of hydrogen-bond donors (Lipinski definition) is 2. The highest BCUT2D eigenvalue weighted by Crippen LogP contribution is 2.23. The summed E-state index contributed by atoms with van der Waals surface area (Å²) < 4.78 is 5.69. The minimum absolute atomic E-state index is 0. The van der Waals surface area contributed by atoms with Gasteiger partial charge in [-0.3, -0.25) is 4.79 Å². The maximum absolute atomic E-state index is 12.0. The van der Waals surface area contributed by atoms with Crippen molar-refractivity contribution in [1.82, 2.24) is 10.6 Å². The fourth-order valence-electron chi connectivity index (χ4n) is 2.40. The number of ether oxygens (including phenoxy) is 1. The van der Waals surface area contributed by atoms with Crippen LogP contribution in [0.25, 0.3) is 0 Å². The lowest BCUT2D eigenvalue weighted by Gasteiger charge is -2.21. The van der Waals surface area contributed by atoms with Crippen LogP contribution in [0.2, 0.25) is 10.0 Å². The lowest BCUT2D eigenvalue weighted by molar-refractivity contribution is -0.124. The standard InChI is InChI=1S/C20H24Cl2N2O2.ClH/c1-20(2,3)24-19(25)13-26-18-9-8-16(21)10-15(18)12-23-11-14-6-4-5-7-17(14)22;/h4-10,23H,11-13H2,1-3H3,(H,24,25);1H. The molecule has 148 valence electrons. The van der Waals surface area contributed by atoms with Crippen LogP contribution < -0.4 is 15.4 Å². The van der Waals surface area contributed by atoms with Gasteiger partial charge in [-0.25, -0.2) is 0 Å². The Morgan fingerprint density at radius 2 is 1.70 bits per heavy atom. The SMILES string of the molecule is CC(C)(C)NC(=O)COc1ccc(Cl)cc1CNCc1ccccc1Cl.Cl. The van der Waals surface area contributed by atoms with E-state index in [-0.39, 0.29) is 30.5 Å². The second kappa shape index (κ2) is 10.8. The average Bonchev–Trinajstić information content (AvgIpc) is 2.54. The fraction of sp³-hybridized carbons (Fsp3) is 0.350. The highest BCUT2D eigenvalue weighted by atomic mass is 35.5. The van der Waals surface area contributed by atoms with Gasteiger partial charge in [-0.05, 0) is 50.6 Å². The van der Waals surface area contributed by atoms with Gasteiger partial charge in [0.25, 0.3) is 5.91 Å². The summed E-state index contributed by atoms with van der Waals surface area (Å²) in [7, 11) is 0. The first-order valence-electron chi connectivity index (χ1n) is 8.41. The summed E-state index contributed by atoms with van der Waals surface area (Å²) in [6.45, 7) is 6.90. The van der Waals surface area contributed by atoms with Crippen molar-refractivity contribution in [2.24, 2.45) is 0 Å². The van der Waals surface area contributed by atoms with E-state index in [0.717, 1.165) is 16.1 Å². The van der Waals surface area contributed by atoms with Gasteiger partial charge < -0.3 is 15.4 Å². The van der Waals surface area contributed by atoms with Gasteiger partial charge in [0.05, 0.1) is 0 Å². The van der Waals surface area contributed by atoms with Crippen molar-refractivity contribution in [1.29, 1.82) is 0 Å². The molecule has 7 heteroatoms. The van der Waals surface area contributed by atoms with Gasteiger partial charge in [0, 0.05) is 34.2 Å². The van der Waals surface area contributed by atoms with Gasteiger partial charge in [-0.1, -0.05) is 41.4 Å². The second-order valence-corrected chi connectivity index (χ2v) is 7.88. The molecule has 1 amide bonds. The Hall–Kier alpha value is -1.46. The second-order valence-electron chi connectivity index (χ2n) is 7.03. The third-order valence-corrected chi connectivity index (χ3v) is 4.09. The molecular formula is C20H25Cl3N2O2. The Morgan fingerprint density at radius 1 is 1.04 bits per heavy atom. The summed E-state index contributed by atoms with van der Waals surface area (Å²) in [5.41, 5.74) is 1.61. The van der Waals surface area contributed by atoms with Crippen LogP contribution in [0, 0.1) is 0 Å². The predicted octanol–water partition coefficient (Wildman–Crippen LogP) is 5.00. The zero-order valence-electron chi connectivity index (χ0n) is 15.6. The molecule has 0 saturated carbocycles. The average molecular weight is 432 g/mol. The molecule has 0 saturated heterocycles. The summed E-state index contributed by atoms with van der Waals surface area (Å²) >= 11 is 12.3. The van der Waals surface area contributed by atoms with E-state index in [1.807, 2.05) is 51.1 Å². The number of carbonyl (C=O) groups is 1. The zero-order valence-corrected chi connectivity index (χ0v) is 18.0. The smallest absolute Gasteiger partial charge is 0.258 e. The Morgan fingerprint density at radius 3 is 2.37 bits per heavy atom. The summed E-state index contributed by atoms with van der Waals surface area (Å²) in [5, 5.41) is 7.54. The molecule has 0 spiro atoms. The van der Waals surface area contributed by atoms with Crippen LogP contribution in [-0.4, -0.2) is 18.1 Å². The quantitative estimate of drug-likeness (QED) is 0.648. The number of halogens is 3. The highest BCUT2D eigenvalue weighted by molar-refractivity contribution is 6.31. The molecular weight excluding hydrogens is 407 g/mol. The van der Waals surface area contributed by atoms with E-state index in [1.165, 1.54) is 0 Å². The molecule has 0 atom stereocenters. The lowest BCUT2D eigenvalue weighted by atomic mass is 10.1. The van der Waals surface area contributed by atoms with Crippen LogP contribution in [0.5, 0.6) is 5.75 Å². The lowest BCUT2D eigenvalue weighted by Crippen LogP contribution is -2.43. The van der Waals surface area contributed by atoms with E-state index in [2.05, 4.69) is 10.6 Å². The van der Waals surface area contributed by atoms with Crippen molar-refractivity contribution in [3.8, 4) is 5.75 Å². The summed E-state index contributed by atoms with van der Waals surface area (Å²) in [6.07, 6.45) is 0. The van der Waals surface area contributed by atoms with Crippen LogP contribution in [0.1, 0.15) is 31.9 Å². The molecule has 0 aliphatic carbocycles. The number of nitrogens with one attached hydrogen (secondary N) is 2. The minimum atomic E-state index is -0.292. The summed E-state index contributed by atoms with van der Waals surface area (Å²) in [4.78, 5) is 12.0. The Bertz CT molecular complexity index is 761. The van der Waals surface area contributed by atoms with Crippen LogP contribution in [0.3, 0.4) is 0 Å². The first-order chi connectivity index (χ1) is 12.2. The van der Waals surface area contributed by atoms with Gasteiger partial charge in [-0.2, -0.15) is 0 Å². The first-order valence-corrected chi connectivity index (χ1v) is 9.16. The Labute approximate surface area is 177 Å². The summed E-state index contributed by atoms with van der Waals surface area (Å²) in [6, 6.07) is 13.0. The molecule has 0 unspecified atom stereocenters. The molecule has 0 radical (unpaired) electrons. The maximum Gasteiger partial charge on any atom is 0.258 e. The third kappa shape index (κ3) is 8.39. The number of carbonyl (C=O) groups excluding carboxylic acids is 1. The Balaban J connectivity index is 0.00000364. The van der Waals surface area contributed by atoms with E-state index < -0.39 is 0 Å². The number of rotatable bonds is 7. The largest absolute Gasteiger partial charge is 0.483 e. The van der Waals surface area contributed by atoms with E-state index in [1.54, 1.807) is 12.1 Å². The molecule has 2 aromatic carbocycles. The van der Waals surface area contributed by atoms with Crippen LogP contribution >= 0.6 is 35.6 Å². The topological polar surface area (TPSA) is 50.4 Å². The van der Waals surface area contributed by atoms with E-state index in [0.29, 0.717) is 23.9 Å². The summed E-state index contributed by atoms with van der Waals surface area (Å²) in [5.74, 6) is 0.465. The number of amides is 1. The van der Waals surface area contributed by atoms with E-state index >= 15 is 0 Å². The number of benzene rings is 2. The van der Waals surface area contributed by atoms with Crippen LogP contribution in [0.4, 0.5) is 0 Å². The maximum atomic E-state index is 12.0. The molecule has 0 heterocycles. The fourth-order valence-corrected chi connectivity index (χ4v) is 2.80. The molecule has 0 aliphatic heterocycles. The molecule has 2 N–H and O–H groups in total. The molecule has 0 aromatic heterocycles. The Kier molecular flexibility index (Phi) is 9.40. The third-order valence-electron chi connectivity index (χ3n) is 3.48.